The predicted molar refractivity (Wildman–Crippen MR) is 103 cm³/mol. The first-order valence-electron chi connectivity index (χ1n) is 8.10. The number of hydrogen-bond donors (Lipinski definition) is 2. The lowest BCUT2D eigenvalue weighted by Crippen LogP contribution is -2.30. The molecule has 2 aromatic rings. The molecule has 8 nitrogen and oxygen atoms in total. The average Bonchev–Trinajstić information content (AvgIpc) is 2.67. The fraction of sp³-hybridized carbons (Fsp3) is 0.211. The first-order chi connectivity index (χ1) is 13.3. The normalized spacial score (nSPS) is 11.3. The molecule has 0 aliphatic heterocycles. The highest BCUT2D eigenvalue weighted by Gasteiger charge is 2.21. The Morgan fingerprint density at radius 1 is 1.04 bits per heavy atom. The molecule has 2 rings (SSSR count). The maximum Gasteiger partial charge on any atom is 0.339 e. The van der Waals surface area contributed by atoms with Gasteiger partial charge in [-0.05, 0) is 43.3 Å². The number of carbonyl (C=O) groups excluding carboxylic acids is 3. The van der Waals surface area contributed by atoms with Gasteiger partial charge in [0.2, 0.25) is 5.91 Å². The smallest absolute Gasteiger partial charge is 0.339 e. The van der Waals surface area contributed by atoms with Gasteiger partial charge in [0.1, 0.15) is 0 Å². The van der Waals surface area contributed by atoms with Gasteiger partial charge in [0.15, 0.2) is 17.6 Å². The summed E-state index contributed by atoms with van der Waals surface area (Å²) in [4.78, 5) is 35.6. The summed E-state index contributed by atoms with van der Waals surface area (Å²) < 4.78 is 15.4. The van der Waals surface area contributed by atoms with E-state index in [2.05, 4.69) is 5.32 Å². The number of nitrogens with one attached hydrogen (secondary N) is 1. The number of rotatable bonds is 7. The molecule has 0 saturated carbocycles. The molecule has 1 atom stereocenters. The van der Waals surface area contributed by atoms with Gasteiger partial charge in [0, 0.05) is 11.3 Å². The van der Waals surface area contributed by atoms with E-state index in [9.17, 15) is 14.4 Å². The number of methoxy groups -OCH3 is 2. The SMILES string of the molecule is COc1cc(C(=O)O[C@@H](C)C(=O)Nc2ccc(C(N)=O)cc2)cc(Cl)c1OC. The molecule has 0 radical (unpaired) electrons. The Kier molecular flexibility index (Phi) is 6.84. The minimum Gasteiger partial charge on any atom is -0.493 e. The van der Waals surface area contributed by atoms with Crippen molar-refractivity contribution >= 4 is 35.1 Å². The molecule has 0 spiro atoms. The number of benzene rings is 2. The molecule has 2 aromatic carbocycles. The van der Waals surface area contributed by atoms with E-state index in [4.69, 9.17) is 31.5 Å². The molecule has 0 fully saturated rings. The van der Waals surface area contributed by atoms with E-state index < -0.39 is 23.9 Å². The molecule has 9 heteroatoms. The Bertz CT molecular complexity index is 898. The molecule has 0 aromatic heterocycles. The number of ether oxygens (including phenoxy) is 3. The maximum absolute atomic E-state index is 12.3. The summed E-state index contributed by atoms with van der Waals surface area (Å²) in [6, 6.07) is 8.74. The van der Waals surface area contributed by atoms with Crippen LogP contribution in [-0.2, 0) is 9.53 Å². The van der Waals surface area contributed by atoms with Crippen LogP contribution < -0.4 is 20.5 Å². The molecule has 148 valence electrons. The van der Waals surface area contributed by atoms with Crippen LogP contribution >= 0.6 is 11.6 Å². The van der Waals surface area contributed by atoms with Crippen LogP contribution in [-0.4, -0.2) is 38.1 Å². The van der Waals surface area contributed by atoms with Crippen LogP contribution in [0.15, 0.2) is 36.4 Å². The van der Waals surface area contributed by atoms with Crippen molar-refractivity contribution in [3.63, 3.8) is 0 Å². The molecular weight excluding hydrogens is 388 g/mol. The Hall–Kier alpha value is -3.26. The summed E-state index contributed by atoms with van der Waals surface area (Å²) in [6.07, 6.45) is -1.09. The minimum absolute atomic E-state index is 0.105. The third-order valence-electron chi connectivity index (χ3n) is 3.76. The standard InChI is InChI=1S/C19H19ClN2O6/c1-10(18(24)22-13-6-4-11(5-7-13)17(21)23)28-19(25)12-8-14(20)16(27-3)15(9-12)26-2/h4-10H,1-3H3,(H2,21,23)(H,22,24)/t10-/m0/s1. The molecule has 0 bridgehead atoms. The van der Waals surface area contributed by atoms with E-state index in [-0.39, 0.29) is 22.1 Å². The van der Waals surface area contributed by atoms with E-state index >= 15 is 0 Å². The number of primary amides is 1. The lowest BCUT2D eigenvalue weighted by atomic mass is 10.2. The van der Waals surface area contributed by atoms with Crippen LogP contribution in [0.1, 0.15) is 27.6 Å². The fourth-order valence-corrected chi connectivity index (χ4v) is 2.57. The third-order valence-corrected chi connectivity index (χ3v) is 4.04. The number of halogens is 1. The first kappa shape index (κ1) is 21.0. The van der Waals surface area contributed by atoms with E-state index in [1.807, 2.05) is 0 Å². The van der Waals surface area contributed by atoms with Gasteiger partial charge >= 0.3 is 5.97 Å². The summed E-state index contributed by atoms with van der Waals surface area (Å²) in [6.45, 7) is 1.42. The summed E-state index contributed by atoms with van der Waals surface area (Å²) in [5.74, 6) is -1.34. The second kappa shape index (κ2) is 9.09. The molecule has 0 aliphatic carbocycles. The lowest BCUT2D eigenvalue weighted by Gasteiger charge is -2.15. The number of carbonyl (C=O) groups is 3. The Labute approximate surface area is 166 Å². The van der Waals surface area contributed by atoms with Gasteiger partial charge in [-0.2, -0.15) is 0 Å². The summed E-state index contributed by atoms with van der Waals surface area (Å²) in [7, 11) is 2.83. The molecule has 28 heavy (non-hydrogen) atoms. The zero-order valence-corrected chi connectivity index (χ0v) is 16.2. The topological polar surface area (TPSA) is 117 Å². The number of esters is 1. The van der Waals surface area contributed by atoms with Crippen molar-refractivity contribution in [2.24, 2.45) is 5.73 Å². The Morgan fingerprint density at radius 3 is 2.21 bits per heavy atom. The largest absolute Gasteiger partial charge is 0.493 e. The summed E-state index contributed by atoms with van der Waals surface area (Å²) in [5, 5.41) is 2.74. The maximum atomic E-state index is 12.3. The first-order valence-corrected chi connectivity index (χ1v) is 8.47. The van der Waals surface area contributed by atoms with Crippen LogP contribution in [0, 0.1) is 0 Å². The molecular formula is C19H19ClN2O6. The van der Waals surface area contributed by atoms with Crippen molar-refractivity contribution in [1.29, 1.82) is 0 Å². The number of nitrogens with two attached hydrogens (primary N) is 1. The highest BCUT2D eigenvalue weighted by molar-refractivity contribution is 6.32. The molecule has 0 saturated heterocycles. The van der Waals surface area contributed by atoms with Gasteiger partial charge in [-0.25, -0.2) is 4.79 Å². The molecule has 2 amide bonds. The molecule has 0 heterocycles. The van der Waals surface area contributed by atoms with Crippen molar-refractivity contribution in [2.45, 2.75) is 13.0 Å². The Morgan fingerprint density at radius 2 is 1.68 bits per heavy atom. The van der Waals surface area contributed by atoms with Crippen LogP contribution in [0.5, 0.6) is 11.5 Å². The fourth-order valence-electron chi connectivity index (χ4n) is 2.28. The van der Waals surface area contributed by atoms with Crippen LogP contribution in [0.2, 0.25) is 5.02 Å². The summed E-state index contributed by atoms with van der Waals surface area (Å²) in [5.41, 5.74) is 6.00. The van der Waals surface area contributed by atoms with E-state index in [1.165, 1.54) is 57.5 Å². The van der Waals surface area contributed by atoms with Gasteiger partial charge in [0.25, 0.3) is 5.91 Å². The van der Waals surface area contributed by atoms with Crippen LogP contribution in [0.3, 0.4) is 0 Å². The zero-order chi connectivity index (χ0) is 20.8. The second-order valence-electron chi connectivity index (χ2n) is 5.67. The highest BCUT2D eigenvalue weighted by atomic mass is 35.5. The highest BCUT2D eigenvalue weighted by Crippen LogP contribution is 2.36. The van der Waals surface area contributed by atoms with Gasteiger partial charge < -0.3 is 25.3 Å². The van der Waals surface area contributed by atoms with Crippen molar-refractivity contribution in [3.8, 4) is 11.5 Å². The lowest BCUT2D eigenvalue weighted by molar-refractivity contribution is -0.123. The van der Waals surface area contributed by atoms with Gasteiger partial charge in [-0.3, -0.25) is 9.59 Å². The Balaban J connectivity index is 2.06. The molecule has 0 unspecified atom stereocenters. The van der Waals surface area contributed by atoms with Crippen molar-refractivity contribution < 1.29 is 28.6 Å². The van der Waals surface area contributed by atoms with E-state index in [1.54, 1.807) is 0 Å². The van der Waals surface area contributed by atoms with Gasteiger partial charge in [0.05, 0.1) is 24.8 Å². The molecule has 3 N–H and O–H groups in total. The van der Waals surface area contributed by atoms with Gasteiger partial charge in [-0.15, -0.1) is 0 Å². The van der Waals surface area contributed by atoms with Crippen molar-refractivity contribution in [2.75, 3.05) is 19.5 Å². The third kappa shape index (κ3) is 4.92. The zero-order valence-electron chi connectivity index (χ0n) is 15.4. The molecule has 0 aliphatic rings. The van der Waals surface area contributed by atoms with Crippen LogP contribution in [0.4, 0.5) is 5.69 Å². The van der Waals surface area contributed by atoms with Crippen molar-refractivity contribution in [3.05, 3.63) is 52.5 Å². The van der Waals surface area contributed by atoms with Crippen LogP contribution in [0.25, 0.3) is 0 Å². The predicted octanol–water partition coefficient (Wildman–Crippen LogP) is 2.64. The monoisotopic (exact) mass is 406 g/mol. The van der Waals surface area contributed by atoms with E-state index in [0.717, 1.165) is 0 Å². The second-order valence-corrected chi connectivity index (χ2v) is 6.08. The summed E-state index contributed by atoms with van der Waals surface area (Å²) >= 11 is 6.07. The number of anilines is 1. The number of hydrogen-bond acceptors (Lipinski definition) is 6. The minimum atomic E-state index is -1.09. The number of amides is 2. The quantitative estimate of drug-likeness (QED) is 0.682. The van der Waals surface area contributed by atoms with Crippen molar-refractivity contribution in [1.82, 2.24) is 0 Å². The van der Waals surface area contributed by atoms with Gasteiger partial charge in [-0.1, -0.05) is 11.6 Å². The van der Waals surface area contributed by atoms with E-state index in [0.29, 0.717) is 11.3 Å². The average molecular weight is 407 g/mol.